The Morgan fingerprint density at radius 1 is 1.13 bits per heavy atom. The zero-order chi connectivity index (χ0) is 27.4. The lowest BCUT2D eigenvalue weighted by Crippen LogP contribution is -2.54. The Morgan fingerprint density at radius 2 is 1.92 bits per heavy atom. The molecule has 3 atom stereocenters. The lowest BCUT2D eigenvalue weighted by atomic mass is 9.74. The van der Waals surface area contributed by atoms with Crippen LogP contribution in [-0.4, -0.2) is 75.6 Å². The van der Waals surface area contributed by atoms with Gasteiger partial charge in [-0.3, -0.25) is 0 Å². The zero-order valence-corrected chi connectivity index (χ0v) is 23.7. The highest BCUT2D eigenvalue weighted by molar-refractivity contribution is 5.89. The number of piperidine rings is 1. The Hall–Kier alpha value is -2.16. The molecule has 1 aromatic carbocycles. The molecule has 1 saturated carbocycles. The van der Waals surface area contributed by atoms with Crippen molar-refractivity contribution in [3.63, 3.8) is 0 Å². The summed E-state index contributed by atoms with van der Waals surface area (Å²) in [5, 5.41) is 18.8. The summed E-state index contributed by atoms with van der Waals surface area (Å²) in [4.78, 5) is 27.5. The molecule has 1 aliphatic carbocycles. The molecule has 8 heteroatoms. The van der Waals surface area contributed by atoms with Crippen LogP contribution in [0.25, 0.3) is 0 Å². The quantitative estimate of drug-likeness (QED) is 0.257. The van der Waals surface area contributed by atoms with Gasteiger partial charge in [-0.05, 0) is 69.2 Å². The van der Waals surface area contributed by atoms with Crippen LogP contribution in [0.15, 0.2) is 24.3 Å². The van der Waals surface area contributed by atoms with E-state index in [1.807, 2.05) is 18.0 Å². The summed E-state index contributed by atoms with van der Waals surface area (Å²) in [7, 11) is 4.97. The molecule has 3 N–H and O–H groups in total. The fraction of sp³-hybridized carbons (Fsp3) is 0.733. The number of aliphatic hydroxyl groups is 1. The third-order valence-corrected chi connectivity index (χ3v) is 8.44. The van der Waals surface area contributed by atoms with Crippen LogP contribution in [0.5, 0.6) is 0 Å². The number of methoxy groups -OCH3 is 2. The van der Waals surface area contributed by atoms with E-state index in [0.717, 1.165) is 38.6 Å². The van der Waals surface area contributed by atoms with E-state index in [-0.39, 0.29) is 18.0 Å². The van der Waals surface area contributed by atoms with E-state index in [4.69, 9.17) is 9.47 Å². The summed E-state index contributed by atoms with van der Waals surface area (Å²) < 4.78 is 10.1. The van der Waals surface area contributed by atoms with E-state index in [9.17, 15) is 14.7 Å². The van der Waals surface area contributed by atoms with Gasteiger partial charge in [0.05, 0.1) is 18.3 Å². The molecule has 2 amide bonds. The Balaban J connectivity index is 1.74. The molecule has 1 saturated heterocycles. The van der Waals surface area contributed by atoms with Gasteiger partial charge in [0.2, 0.25) is 0 Å². The second kappa shape index (κ2) is 15.4. The van der Waals surface area contributed by atoms with Gasteiger partial charge in [0.1, 0.15) is 0 Å². The number of rotatable bonds is 13. The van der Waals surface area contributed by atoms with Crippen molar-refractivity contribution in [2.75, 3.05) is 47.5 Å². The molecule has 2 fully saturated rings. The molecular formula is C30H49N3O5. The van der Waals surface area contributed by atoms with Crippen LogP contribution in [0, 0.1) is 11.8 Å². The van der Waals surface area contributed by atoms with E-state index in [1.165, 1.54) is 39.2 Å². The summed E-state index contributed by atoms with van der Waals surface area (Å²) >= 11 is 0. The predicted molar refractivity (Wildman–Crippen MR) is 149 cm³/mol. The number of amides is 2. The van der Waals surface area contributed by atoms with Gasteiger partial charge in [0.25, 0.3) is 0 Å². The minimum atomic E-state index is -1.16. The maximum Gasteiger partial charge on any atom is 0.337 e. The third-order valence-electron chi connectivity index (χ3n) is 8.44. The first-order valence-corrected chi connectivity index (χ1v) is 14.5. The van der Waals surface area contributed by atoms with Crippen LogP contribution >= 0.6 is 0 Å². The molecule has 38 heavy (non-hydrogen) atoms. The molecule has 0 radical (unpaired) electrons. The highest BCUT2D eigenvalue weighted by Gasteiger charge is 2.41. The monoisotopic (exact) mass is 531 g/mol. The Morgan fingerprint density at radius 3 is 2.63 bits per heavy atom. The number of carbonyl (C=O) groups is 2. The number of nitrogens with one attached hydrogen (secondary N) is 2. The second-order valence-electron chi connectivity index (χ2n) is 11.2. The molecule has 214 valence electrons. The maximum atomic E-state index is 13.4. The van der Waals surface area contributed by atoms with Gasteiger partial charge in [-0.1, -0.05) is 44.2 Å². The Labute approximate surface area is 228 Å². The van der Waals surface area contributed by atoms with Crippen LogP contribution in [0.2, 0.25) is 0 Å². The van der Waals surface area contributed by atoms with Crippen molar-refractivity contribution in [1.29, 1.82) is 0 Å². The van der Waals surface area contributed by atoms with Crippen molar-refractivity contribution in [2.45, 2.75) is 82.3 Å². The van der Waals surface area contributed by atoms with Crippen molar-refractivity contribution >= 4 is 12.0 Å². The summed E-state index contributed by atoms with van der Waals surface area (Å²) in [6.45, 7) is 2.54. The predicted octanol–water partition coefficient (Wildman–Crippen LogP) is 4.46. The molecule has 1 heterocycles. The first kappa shape index (κ1) is 30.4. The van der Waals surface area contributed by atoms with Gasteiger partial charge in [-0.2, -0.15) is 0 Å². The summed E-state index contributed by atoms with van der Waals surface area (Å²) in [6.07, 6.45) is 11.2. The van der Waals surface area contributed by atoms with Gasteiger partial charge in [-0.15, -0.1) is 0 Å². The minimum absolute atomic E-state index is 0.0456. The number of benzene rings is 1. The van der Waals surface area contributed by atoms with E-state index >= 15 is 0 Å². The number of carbonyl (C=O) groups excluding carboxylic acids is 2. The van der Waals surface area contributed by atoms with E-state index in [2.05, 4.69) is 10.6 Å². The van der Waals surface area contributed by atoms with Gasteiger partial charge in [0, 0.05) is 45.3 Å². The first-order chi connectivity index (χ1) is 18.4. The normalized spacial score (nSPS) is 20.9. The van der Waals surface area contributed by atoms with Crippen molar-refractivity contribution in [3.8, 4) is 0 Å². The van der Waals surface area contributed by atoms with Crippen LogP contribution in [0.3, 0.4) is 0 Å². The molecule has 0 bridgehead atoms. The van der Waals surface area contributed by atoms with Gasteiger partial charge < -0.3 is 30.1 Å². The highest BCUT2D eigenvalue weighted by atomic mass is 16.5. The van der Waals surface area contributed by atoms with Crippen LogP contribution in [0.4, 0.5) is 4.79 Å². The third kappa shape index (κ3) is 8.42. The largest absolute Gasteiger partial charge is 0.465 e. The molecule has 0 aromatic heterocycles. The molecule has 0 spiro atoms. The molecule has 0 unspecified atom stereocenters. The average Bonchev–Trinajstić information content (AvgIpc) is 2.95. The Kier molecular flexibility index (Phi) is 12.3. The zero-order valence-electron chi connectivity index (χ0n) is 23.7. The lowest BCUT2D eigenvalue weighted by molar-refractivity contribution is -0.0564. The summed E-state index contributed by atoms with van der Waals surface area (Å²) in [5.41, 5.74) is -0.0396. The van der Waals surface area contributed by atoms with Gasteiger partial charge in [-0.25, -0.2) is 9.59 Å². The number of urea groups is 1. The number of hydrogen-bond donors (Lipinski definition) is 3. The lowest BCUT2D eigenvalue weighted by Gasteiger charge is -2.43. The molecule has 8 nitrogen and oxygen atoms in total. The van der Waals surface area contributed by atoms with Gasteiger partial charge >= 0.3 is 12.0 Å². The number of hydrogen-bond acceptors (Lipinski definition) is 6. The topological polar surface area (TPSA) is 100 Å². The number of unbranched alkanes of at least 4 members (excludes halogenated alkanes) is 1. The summed E-state index contributed by atoms with van der Waals surface area (Å²) in [5.74, 6) is 0.112. The number of ether oxygens (including phenoxy) is 2. The van der Waals surface area contributed by atoms with Crippen molar-refractivity contribution < 1.29 is 24.2 Å². The first-order valence-electron chi connectivity index (χ1n) is 14.5. The highest BCUT2D eigenvalue weighted by Crippen LogP contribution is 2.40. The maximum absolute atomic E-state index is 13.4. The second-order valence-corrected chi connectivity index (χ2v) is 11.2. The summed E-state index contributed by atoms with van der Waals surface area (Å²) in [6, 6.07) is 7.18. The molecule has 1 aliphatic heterocycles. The van der Waals surface area contributed by atoms with Crippen molar-refractivity contribution in [1.82, 2.24) is 15.5 Å². The van der Waals surface area contributed by atoms with E-state index in [1.54, 1.807) is 25.3 Å². The number of likely N-dealkylation sites (N-methyl/N-ethyl adjacent to an activating group) is 1. The van der Waals surface area contributed by atoms with E-state index < -0.39 is 11.6 Å². The fourth-order valence-electron chi connectivity index (χ4n) is 6.34. The smallest absolute Gasteiger partial charge is 0.337 e. The number of nitrogens with zero attached hydrogens (tertiary/aromatic N) is 1. The number of esters is 1. The standard InChI is InChI=1S/C30H49N3O5/c1-31-21-27(19-23-11-5-4-6-12-23)32-29(35)33-17-10-15-26(22-33)30(36,16-7-8-18-37-2)25-14-9-13-24(20-25)28(34)38-3/h9,13-14,20,23,26-27,31,36H,4-8,10-12,15-19,21-22H2,1-3H3,(H,32,35)/t26-,27+,30-/m1/s1. The van der Waals surface area contributed by atoms with Crippen molar-refractivity contribution in [3.05, 3.63) is 35.4 Å². The molecule has 3 rings (SSSR count). The molecular weight excluding hydrogens is 482 g/mol. The fourth-order valence-corrected chi connectivity index (χ4v) is 6.34. The average molecular weight is 532 g/mol. The Bertz CT molecular complexity index is 875. The molecule has 2 aliphatic rings. The SMILES string of the molecule is CNC[C@H](CC1CCCCC1)NC(=O)N1CCC[C@@H]([C@@](O)(CCCCOC)c2cccc(C(=O)OC)c2)C1. The van der Waals surface area contributed by atoms with E-state index in [0.29, 0.717) is 43.2 Å². The van der Waals surface area contributed by atoms with Crippen molar-refractivity contribution in [2.24, 2.45) is 11.8 Å². The minimum Gasteiger partial charge on any atom is -0.465 e. The molecule has 1 aromatic rings. The number of likely N-dealkylation sites (tertiary alicyclic amines) is 1. The van der Waals surface area contributed by atoms with Crippen LogP contribution in [0.1, 0.15) is 86.6 Å². The van der Waals surface area contributed by atoms with Crippen LogP contribution < -0.4 is 10.6 Å². The van der Waals surface area contributed by atoms with Gasteiger partial charge in [0.15, 0.2) is 0 Å². The van der Waals surface area contributed by atoms with Crippen LogP contribution in [-0.2, 0) is 15.1 Å².